The minimum Gasteiger partial charge on any atom is -0.369 e. The number of hydrogen-bond donors (Lipinski definition) is 1. The lowest BCUT2D eigenvalue weighted by Crippen LogP contribution is -2.32. The Hall–Kier alpha value is -2.67. The maximum atomic E-state index is 11.8. The van der Waals surface area contributed by atoms with E-state index in [1.165, 1.54) is 6.92 Å². The summed E-state index contributed by atoms with van der Waals surface area (Å²) in [6.07, 6.45) is 3.12. The number of carbonyl (C=O) groups is 3. The van der Waals surface area contributed by atoms with E-state index in [0.717, 1.165) is 28.5 Å². The molecule has 0 fully saturated rings. The number of aryl methyl sites for hydroxylation is 1. The molecule has 1 rings (SSSR count). The Labute approximate surface area is 149 Å². The lowest BCUT2D eigenvalue weighted by atomic mass is 9.82. The third-order valence-corrected chi connectivity index (χ3v) is 4.23. The van der Waals surface area contributed by atoms with Gasteiger partial charge in [0.05, 0.1) is 5.92 Å². The van der Waals surface area contributed by atoms with Gasteiger partial charge in [-0.15, -0.1) is 5.92 Å². The largest absolute Gasteiger partial charge is 0.369 e. The molecule has 0 bridgehead atoms. The molecule has 0 aromatic heterocycles. The van der Waals surface area contributed by atoms with Crippen LogP contribution in [0.3, 0.4) is 0 Å². The van der Waals surface area contributed by atoms with Gasteiger partial charge in [0, 0.05) is 17.9 Å². The van der Waals surface area contributed by atoms with Crippen LogP contribution in [-0.2, 0) is 14.4 Å². The highest BCUT2D eigenvalue weighted by molar-refractivity contribution is 5.83. The lowest BCUT2D eigenvalue weighted by molar-refractivity contribution is -0.127. The maximum Gasteiger partial charge on any atom is 0.221 e. The standard InChI is InChI=1S/C21H25NO3/c1-5-7-17-9-6-8-14(2)19(17)12-15(3)20(13-23)18(21(22)25)11-10-16(4)24/h6,8-9,12-13,18,20H,10-11H2,1-4H3,(H2,22,25)/b15-12-. The molecule has 0 heterocycles. The Balaban J connectivity index is 3.28. The van der Waals surface area contributed by atoms with E-state index in [-0.39, 0.29) is 18.6 Å². The molecule has 2 atom stereocenters. The van der Waals surface area contributed by atoms with Crippen molar-refractivity contribution in [3.05, 3.63) is 40.5 Å². The van der Waals surface area contributed by atoms with Gasteiger partial charge in [0.15, 0.2) is 0 Å². The van der Waals surface area contributed by atoms with Crippen molar-refractivity contribution < 1.29 is 14.4 Å². The summed E-state index contributed by atoms with van der Waals surface area (Å²) in [7, 11) is 0. The molecule has 0 aliphatic carbocycles. The summed E-state index contributed by atoms with van der Waals surface area (Å²) < 4.78 is 0. The van der Waals surface area contributed by atoms with Crippen LogP contribution < -0.4 is 5.73 Å². The number of nitrogens with two attached hydrogens (primary N) is 1. The molecule has 4 heteroatoms. The van der Waals surface area contributed by atoms with Crippen molar-refractivity contribution in [3.63, 3.8) is 0 Å². The quantitative estimate of drug-likeness (QED) is 0.584. The molecular formula is C21H25NO3. The van der Waals surface area contributed by atoms with Gasteiger partial charge >= 0.3 is 0 Å². The second-order valence-corrected chi connectivity index (χ2v) is 6.21. The third-order valence-electron chi connectivity index (χ3n) is 4.23. The highest BCUT2D eigenvalue weighted by Gasteiger charge is 2.27. The Morgan fingerprint density at radius 3 is 2.48 bits per heavy atom. The van der Waals surface area contributed by atoms with Gasteiger partial charge in [-0.05, 0) is 51.3 Å². The van der Waals surface area contributed by atoms with Crippen molar-refractivity contribution in [3.8, 4) is 11.8 Å². The van der Waals surface area contributed by atoms with Gasteiger partial charge in [-0.2, -0.15) is 0 Å². The number of rotatable bonds is 8. The molecule has 1 aromatic rings. The van der Waals surface area contributed by atoms with Crippen LogP contribution in [0.15, 0.2) is 23.8 Å². The van der Waals surface area contributed by atoms with E-state index in [9.17, 15) is 14.4 Å². The summed E-state index contributed by atoms with van der Waals surface area (Å²) in [6, 6.07) is 5.81. The number of allylic oxidation sites excluding steroid dienone is 1. The van der Waals surface area contributed by atoms with Gasteiger partial charge in [0.1, 0.15) is 12.1 Å². The van der Waals surface area contributed by atoms with Crippen LogP contribution in [-0.4, -0.2) is 18.0 Å². The van der Waals surface area contributed by atoms with Crippen molar-refractivity contribution in [2.75, 3.05) is 0 Å². The Morgan fingerprint density at radius 2 is 1.96 bits per heavy atom. The number of amides is 1. The Kier molecular flexibility index (Phi) is 7.81. The first kappa shape index (κ1) is 20.4. The van der Waals surface area contributed by atoms with Crippen molar-refractivity contribution in [1.82, 2.24) is 0 Å². The van der Waals surface area contributed by atoms with Gasteiger partial charge in [-0.3, -0.25) is 4.79 Å². The maximum absolute atomic E-state index is 11.8. The average molecular weight is 339 g/mol. The molecule has 132 valence electrons. The first-order chi connectivity index (χ1) is 11.8. The molecule has 1 amide bonds. The first-order valence-corrected chi connectivity index (χ1v) is 8.26. The summed E-state index contributed by atoms with van der Waals surface area (Å²) in [5.41, 5.74) is 9.04. The molecule has 0 aliphatic heterocycles. The van der Waals surface area contributed by atoms with Gasteiger partial charge in [0.2, 0.25) is 5.91 Å². The lowest BCUT2D eigenvalue weighted by Gasteiger charge is -2.21. The smallest absolute Gasteiger partial charge is 0.221 e. The van der Waals surface area contributed by atoms with Crippen LogP contribution >= 0.6 is 0 Å². The molecule has 0 saturated heterocycles. The molecule has 2 unspecified atom stereocenters. The molecular weight excluding hydrogens is 314 g/mol. The van der Waals surface area contributed by atoms with E-state index in [4.69, 9.17) is 5.73 Å². The van der Waals surface area contributed by atoms with Gasteiger partial charge < -0.3 is 15.3 Å². The van der Waals surface area contributed by atoms with E-state index in [2.05, 4.69) is 11.8 Å². The highest BCUT2D eigenvalue weighted by atomic mass is 16.1. The first-order valence-electron chi connectivity index (χ1n) is 8.26. The molecule has 4 nitrogen and oxygen atoms in total. The van der Waals surface area contributed by atoms with Gasteiger partial charge in [0.25, 0.3) is 0 Å². The number of benzene rings is 1. The monoisotopic (exact) mass is 339 g/mol. The molecule has 1 aromatic carbocycles. The fourth-order valence-electron chi connectivity index (χ4n) is 2.82. The summed E-state index contributed by atoms with van der Waals surface area (Å²) in [6.45, 7) is 7.00. The van der Waals surface area contributed by atoms with Crippen molar-refractivity contribution in [2.45, 2.75) is 40.5 Å². The molecule has 0 aliphatic rings. The van der Waals surface area contributed by atoms with Crippen LogP contribution in [0.4, 0.5) is 0 Å². The fraction of sp³-hybridized carbons (Fsp3) is 0.381. The number of hydrogen-bond acceptors (Lipinski definition) is 3. The zero-order valence-corrected chi connectivity index (χ0v) is 15.3. The third kappa shape index (κ3) is 5.72. The molecule has 0 radical (unpaired) electrons. The van der Waals surface area contributed by atoms with E-state index in [1.54, 1.807) is 13.8 Å². The summed E-state index contributed by atoms with van der Waals surface area (Å²) in [4.78, 5) is 34.7. The molecule has 2 N–H and O–H groups in total. The zero-order chi connectivity index (χ0) is 19.0. The van der Waals surface area contributed by atoms with Crippen LogP contribution in [0, 0.1) is 30.6 Å². The minimum absolute atomic E-state index is 0.0306. The van der Waals surface area contributed by atoms with E-state index in [0.29, 0.717) is 0 Å². The summed E-state index contributed by atoms with van der Waals surface area (Å²) in [5, 5.41) is 0. The van der Waals surface area contributed by atoms with Gasteiger partial charge in [-0.25, -0.2) is 0 Å². The zero-order valence-electron chi connectivity index (χ0n) is 15.3. The second-order valence-electron chi connectivity index (χ2n) is 6.21. The number of primary amides is 1. The predicted molar refractivity (Wildman–Crippen MR) is 99.5 cm³/mol. The second kappa shape index (κ2) is 9.58. The van der Waals surface area contributed by atoms with E-state index >= 15 is 0 Å². The Bertz CT molecular complexity index is 750. The Morgan fingerprint density at radius 1 is 1.28 bits per heavy atom. The molecule has 0 saturated carbocycles. The number of aldehydes is 1. The van der Waals surface area contributed by atoms with E-state index < -0.39 is 17.7 Å². The van der Waals surface area contributed by atoms with Crippen LogP contribution in [0.1, 0.15) is 50.3 Å². The topological polar surface area (TPSA) is 77.2 Å². The summed E-state index contributed by atoms with van der Waals surface area (Å²) >= 11 is 0. The average Bonchev–Trinajstić information content (AvgIpc) is 2.54. The van der Waals surface area contributed by atoms with Crippen LogP contribution in [0.2, 0.25) is 0 Å². The van der Waals surface area contributed by atoms with Crippen molar-refractivity contribution in [1.29, 1.82) is 0 Å². The van der Waals surface area contributed by atoms with E-state index in [1.807, 2.05) is 31.2 Å². The number of carbonyl (C=O) groups excluding carboxylic acids is 3. The molecule has 0 spiro atoms. The highest BCUT2D eigenvalue weighted by Crippen LogP contribution is 2.27. The number of Topliss-reactive ketones (excluding diaryl/α,β-unsaturated/α-hetero) is 1. The van der Waals surface area contributed by atoms with Crippen molar-refractivity contribution >= 4 is 24.1 Å². The number of ketones is 1. The van der Waals surface area contributed by atoms with Gasteiger partial charge in [-0.1, -0.05) is 29.7 Å². The summed E-state index contributed by atoms with van der Waals surface area (Å²) in [5.74, 6) is 3.99. The molecule has 25 heavy (non-hydrogen) atoms. The SMILES string of the molecule is CC#Cc1cccc(C)c1/C=C(/C)C(C=O)C(CCC(C)=O)C(N)=O. The minimum atomic E-state index is -0.692. The predicted octanol–water partition coefficient (Wildman–Crippen LogP) is 3.06. The normalized spacial score (nSPS) is 13.4. The fourth-order valence-corrected chi connectivity index (χ4v) is 2.82. The van der Waals surface area contributed by atoms with Crippen LogP contribution in [0.25, 0.3) is 6.08 Å². The van der Waals surface area contributed by atoms with Crippen LogP contribution in [0.5, 0.6) is 0 Å². The van der Waals surface area contributed by atoms with Crippen molar-refractivity contribution in [2.24, 2.45) is 17.6 Å².